The molecule has 0 fully saturated rings. The topological polar surface area (TPSA) is 93.2 Å². The second-order valence-corrected chi connectivity index (χ2v) is 8.71. The van der Waals surface area contributed by atoms with Crippen LogP contribution in [0.3, 0.4) is 0 Å². The molecule has 0 saturated carbocycles. The summed E-state index contributed by atoms with van der Waals surface area (Å²) in [6.07, 6.45) is 2.75. The molecule has 1 amide bonds. The van der Waals surface area contributed by atoms with Crippen molar-refractivity contribution in [2.75, 3.05) is 6.61 Å². The number of para-hydroxylation sites is 1. The number of benzene rings is 2. The van der Waals surface area contributed by atoms with Crippen molar-refractivity contribution in [1.82, 2.24) is 14.9 Å². The van der Waals surface area contributed by atoms with E-state index in [0.717, 1.165) is 22.2 Å². The van der Waals surface area contributed by atoms with Crippen molar-refractivity contribution >= 4 is 28.6 Å². The van der Waals surface area contributed by atoms with Crippen molar-refractivity contribution in [3.8, 4) is 0 Å². The molecule has 4 aromatic rings. The minimum Gasteiger partial charge on any atom is -0.464 e. The van der Waals surface area contributed by atoms with Gasteiger partial charge in [0.2, 0.25) is 11.7 Å². The van der Waals surface area contributed by atoms with E-state index in [1.165, 1.54) is 0 Å². The number of hydrogen-bond donors (Lipinski definition) is 2. The molecule has 0 radical (unpaired) electrons. The molecule has 0 saturated heterocycles. The van der Waals surface area contributed by atoms with Crippen molar-refractivity contribution in [2.24, 2.45) is 0 Å². The zero-order valence-corrected chi connectivity index (χ0v) is 19.5. The molecular weight excluding hydrogens is 442 g/mol. The molecule has 5 rings (SSSR count). The third-order valence-corrected chi connectivity index (χ3v) is 6.58. The number of esters is 1. The van der Waals surface area contributed by atoms with Crippen LogP contribution in [-0.4, -0.2) is 39.9 Å². The molecule has 2 aromatic heterocycles. The van der Waals surface area contributed by atoms with Gasteiger partial charge < -0.3 is 19.6 Å². The highest BCUT2D eigenvalue weighted by Gasteiger charge is 2.34. The smallest absolute Gasteiger partial charge is 0.328 e. The number of ketones is 1. The van der Waals surface area contributed by atoms with Crippen molar-refractivity contribution in [2.45, 2.75) is 38.3 Å². The highest BCUT2D eigenvalue weighted by atomic mass is 16.5. The van der Waals surface area contributed by atoms with Crippen LogP contribution in [0.4, 0.5) is 0 Å². The average molecular weight is 470 g/mol. The second kappa shape index (κ2) is 9.62. The van der Waals surface area contributed by atoms with Crippen LogP contribution in [0, 0.1) is 0 Å². The third-order valence-electron chi connectivity index (χ3n) is 6.58. The molecule has 3 heterocycles. The van der Waals surface area contributed by atoms with Gasteiger partial charge in [0, 0.05) is 41.3 Å². The number of carbonyl (C=O) groups is 3. The molecule has 1 aliphatic rings. The first-order valence-electron chi connectivity index (χ1n) is 11.9. The number of nitrogens with one attached hydrogen (secondary N) is 2. The first kappa shape index (κ1) is 22.7. The summed E-state index contributed by atoms with van der Waals surface area (Å²) in [6.45, 7) is 2.55. The van der Waals surface area contributed by atoms with E-state index in [1.54, 1.807) is 25.1 Å². The fourth-order valence-corrected chi connectivity index (χ4v) is 4.87. The first-order valence-corrected chi connectivity index (χ1v) is 11.9. The first-order chi connectivity index (χ1) is 17.1. The molecule has 2 aromatic carbocycles. The highest BCUT2D eigenvalue weighted by Crippen LogP contribution is 2.32. The summed E-state index contributed by atoms with van der Waals surface area (Å²) in [5.74, 6) is -1.20. The number of fused-ring (bicyclic) bond motifs is 2. The summed E-state index contributed by atoms with van der Waals surface area (Å²) in [6, 6.07) is 19.8. The molecular formula is C28H27N3O4. The van der Waals surface area contributed by atoms with Crippen LogP contribution in [0.15, 0.2) is 72.9 Å². The number of hydrogen-bond acceptors (Lipinski definition) is 4. The lowest BCUT2D eigenvalue weighted by molar-refractivity contribution is -0.147. The Bertz CT molecular complexity index is 1390. The minimum absolute atomic E-state index is 0.0679. The number of rotatable bonds is 8. The van der Waals surface area contributed by atoms with Crippen LogP contribution in [0.25, 0.3) is 10.9 Å². The summed E-state index contributed by atoms with van der Waals surface area (Å²) in [4.78, 5) is 42.3. The molecule has 7 nitrogen and oxygen atoms in total. The molecule has 0 aliphatic carbocycles. The maximum Gasteiger partial charge on any atom is 0.328 e. The van der Waals surface area contributed by atoms with E-state index in [0.29, 0.717) is 30.6 Å². The summed E-state index contributed by atoms with van der Waals surface area (Å²) in [5, 5.41) is 3.94. The van der Waals surface area contributed by atoms with Crippen LogP contribution in [0.1, 0.15) is 46.6 Å². The van der Waals surface area contributed by atoms with E-state index < -0.39 is 17.9 Å². The molecule has 1 unspecified atom stereocenters. The SMILES string of the molecule is CCOC(=O)[C@H](Cc1c[nH]c2ccccc12)NC(=O)C1CCn2c(C(=O)c3ccccc3)ccc21. The van der Waals surface area contributed by atoms with Crippen molar-refractivity contribution < 1.29 is 19.1 Å². The molecule has 2 N–H and O–H groups in total. The van der Waals surface area contributed by atoms with E-state index in [2.05, 4.69) is 10.3 Å². The van der Waals surface area contributed by atoms with Crippen molar-refractivity contribution in [1.29, 1.82) is 0 Å². The van der Waals surface area contributed by atoms with Crippen molar-refractivity contribution in [3.05, 3.63) is 95.4 Å². The standard InChI is InChI=1S/C28H27N3O4/c1-2-35-28(34)23(16-19-17-29-22-11-7-6-10-20(19)22)30-27(33)21-14-15-31-24(21)12-13-25(31)26(32)18-8-4-3-5-9-18/h3-13,17,21,23,29H,2,14-16H2,1H3,(H,30,33)/t21?,23-/m0/s1. The van der Waals surface area contributed by atoms with Gasteiger partial charge in [0.05, 0.1) is 18.2 Å². The van der Waals surface area contributed by atoms with E-state index in [-0.39, 0.29) is 18.3 Å². The number of aromatic amines is 1. The Morgan fingerprint density at radius 2 is 1.83 bits per heavy atom. The number of carbonyl (C=O) groups excluding carboxylic acids is 3. The van der Waals surface area contributed by atoms with Crippen molar-refractivity contribution in [3.63, 3.8) is 0 Å². The van der Waals surface area contributed by atoms with Crippen LogP contribution in [0.2, 0.25) is 0 Å². The molecule has 0 spiro atoms. The van der Waals surface area contributed by atoms with Gasteiger partial charge in [-0.3, -0.25) is 9.59 Å². The maximum atomic E-state index is 13.3. The number of ether oxygens (including phenoxy) is 1. The highest BCUT2D eigenvalue weighted by molar-refractivity contribution is 6.08. The Kier molecular flexibility index (Phi) is 6.23. The third kappa shape index (κ3) is 4.37. The number of nitrogens with zero attached hydrogens (tertiary/aromatic N) is 1. The van der Waals surface area contributed by atoms with Crippen LogP contribution < -0.4 is 5.32 Å². The minimum atomic E-state index is -0.809. The number of amides is 1. The zero-order chi connectivity index (χ0) is 24.4. The summed E-state index contributed by atoms with van der Waals surface area (Å²) < 4.78 is 7.18. The van der Waals surface area contributed by atoms with Gasteiger partial charge in [0.15, 0.2) is 0 Å². The van der Waals surface area contributed by atoms with Gasteiger partial charge in [-0.15, -0.1) is 0 Å². The van der Waals surface area contributed by atoms with E-state index in [4.69, 9.17) is 4.74 Å². The van der Waals surface area contributed by atoms with E-state index in [9.17, 15) is 14.4 Å². The molecule has 2 atom stereocenters. The van der Waals surface area contributed by atoms with Crippen LogP contribution >= 0.6 is 0 Å². The normalized spacial score (nSPS) is 15.5. The van der Waals surface area contributed by atoms with Gasteiger partial charge in [0.1, 0.15) is 6.04 Å². The van der Waals surface area contributed by atoms with Gasteiger partial charge in [-0.2, -0.15) is 0 Å². The summed E-state index contributed by atoms with van der Waals surface area (Å²) >= 11 is 0. The monoisotopic (exact) mass is 469 g/mol. The fraction of sp³-hybridized carbons (Fsp3) is 0.250. The Morgan fingerprint density at radius 1 is 1.06 bits per heavy atom. The predicted molar refractivity (Wildman–Crippen MR) is 132 cm³/mol. The Balaban J connectivity index is 1.35. The Hall–Kier alpha value is -4.13. The van der Waals surface area contributed by atoms with Crippen LogP contribution in [-0.2, 0) is 27.3 Å². The second-order valence-electron chi connectivity index (χ2n) is 8.71. The maximum absolute atomic E-state index is 13.3. The van der Waals surface area contributed by atoms with Gasteiger partial charge in [-0.05, 0) is 37.1 Å². The Morgan fingerprint density at radius 3 is 2.63 bits per heavy atom. The number of aromatic nitrogens is 2. The van der Waals surface area contributed by atoms with Gasteiger partial charge in [-0.1, -0.05) is 48.5 Å². The van der Waals surface area contributed by atoms with Gasteiger partial charge in [-0.25, -0.2) is 4.79 Å². The lowest BCUT2D eigenvalue weighted by Gasteiger charge is -2.19. The molecule has 7 heteroatoms. The molecule has 35 heavy (non-hydrogen) atoms. The fourth-order valence-electron chi connectivity index (χ4n) is 4.87. The van der Waals surface area contributed by atoms with E-state index in [1.807, 2.05) is 59.3 Å². The lowest BCUT2D eigenvalue weighted by atomic mass is 10.0. The molecule has 1 aliphatic heterocycles. The largest absolute Gasteiger partial charge is 0.464 e. The van der Waals surface area contributed by atoms with E-state index >= 15 is 0 Å². The average Bonchev–Trinajstić information content (AvgIpc) is 3.59. The predicted octanol–water partition coefficient (Wildman–Crippen LogP) is 3.98. The Labute approximate surface area is 203 Å². The quantitative estimate of drug-likeness (QED) is 0.302. The molecule has 0 bridgehead atoms. The van der Waals surface area contributed by atoms with Gasteiger partial charge >= 0.3 is 5.97 Å². The molecule has 178 valence electrons. The van der Waals surface area contributed by atoms with Crippen LogP contribution in [0.5, 0.6) is 0 Å². The van der Waals surface area contributed by atoms with Gasteiger partial charge in [0.25, 0.3) is 0 Å². The lowest BCUT2D eigenvalue weighted by Crippen LogP contribution is -2.45. The summed E-state index contributed by atoms with van der Waals surface area (Å²) in [5.41, 5.74) is 3.88. The zero-order valence-electron chi connectivity index (χ0n) is 19.5. The number of H-pyrrole nitrogens is 1. The summed E-state index contributed by atoms with van der Waals surface area (Å²) in [7, 11) is 0.